The zero-order chi connectivity index (χ0) is 32.3. The molecule has 1 aromatic heterocycles. The second-order valence-electron chi connectivity index (χ2n) is 8.99. The van der Waals surface area contributed by atoms with Crippen molar-refractivity contribution in [1.82, 2.24) is 29.2 Å². The second kappa shape index (κ2) is 32.4. The molecule has 0 bridgehead atoms. The molecular formula is C24H47B2Br2F8LiN6-2. The maximum Gasteiger partial charge on any atom is 1.00 e. The molecule has 0 spiro atoms. The molecular weight excluding hydrogens is 713 g/mol. The van der Waals surface area contributed by atoms with Crippen LogP contribution in [0.15, 0.2) is 43.5 Å². The number of alkyl halides is 1. The van der Waals surface area contributed by atoms with E-state index in [0.29, 0.717) is 0 Å². The summed E-state index contributed by atoms with van der Waals surface area (Å²) >= 11 is 3.31. The zero-order valence-corrected chi connectivity index (χ0v) is 29.6. The maximum absolute atomic E-state index is 9.75. The topological polar surface area (TPSA) is 30.8 Å². The smallest absolute Gasteiger partial charge is 1.00 e. The van der Waals surface area contributed by atoms with Crippen molar-refractivity contribution in [3.63, 3.8) is 0 Å². The molecule has 0 atom stereocenters. The molecule has 3 rings (SSSR count). The van der Waals surface area contributed by atoms with E-state index in [1.54, 1.807) is 12.5 Å². The number of hydrogen-bond acceptors (Lipinski definition) is 5. The Morgan fingerprint density at radius 2 is 1.02 bits per heavy atom. The van der Waals surface area contributed by atoms with Crippen molar-refractivity contribution in [2.45, 2.75) is 59.3 Å². The summed E-state index contributed by atoms with van der Waals surface area (Å²) in [7, 11) is -5.86. The predicted molar refractivity (Wildman–Crippen MR) is 159 cm³/mol. The Labute approximate surface area is 284 Å². The van der Waals surface area contributed by atoms with E-state index in [-0.39, 0.29) is 35.8 Å². The summed E-state index contributed by atoms with van der Waals surface area (Å²) < 4.78 is 79.9. The monoisotopic (exact) mass is 758 g/mol. The van der Waals surface area contributed by atoms with Gasteiger partial charge in [-0.15, -0.1) is 0 Å². The van der Waals surface area contributed by atoms with Gasteiger partial charge in [0.15, 0.2) is 0 Å². The molecule has 0 aromatic carbocycles. The van der Waals surface area contributed by atoms with Crippen molar-refractivity contribution in [2.24, 2.45) is 7.05 Å². The number of imidazole rings is 1. The summed E-state index contributed by atoms with van der Waals surface area (Å²) in [6.07, 6.45) is 21.7. The summed E-state index contributed by atoms with van der Waals surface area (Å²) in [5, 5.41) is 1.16. The van der Waals surface area contributed by atoms with Crippen LogP contribution in [-0.4, -0.2) is 89.5 Å². The van der Waals surface area contributed by atoms with E-state index in [0.717, 1.165) is 18.7 Å². The molecule has 0 fully saturated rings. The summed E-state index contributed by atoms with van der Waals surface area (Å²) in [4.78, 5) is 12.8. The second-order valence-corrected chi connectivity index (χ2v) is 9.78. The maximum atomic E-state index is 9.75. The van der Waals surface area contributed by atoms with Crippen LogP contribution in [0.5, 0.6) is 0 Å². The molecule has 6 nitrogen and oxygen atoms in total. The van der Waals surface area contributed by atoms with Gasteiger partial charge in [0.2, 0.25) is 0 Å². The van der Waals surface area contributed by atoms with E-state index in [1.807, 2.05) is 17.8 Å². The fourth-order valence-corrected chi connectivity index (χ4v) is 3.21. The normalized spacial score (nSPS) is 12.9. The third kappa shape index (κ3) is 54.0. The van der Waals surface area contributed by atoms with E-state index in [4.69, 9.17) is 0 Å². The largest absolute Gasteiger partial charge is 1.00 e. The van der Waals surface area contributed by atoms with Gasteiger partial charge in [0, 0.05) is 76.8 Å². The third-order valence-electron chi connectivity index (χ3n) is 4.59. The van der Waals surface area contributed by atoms with Gasteiger partial charge in [0.25, 0.3) is 0 Å². The molecule has 2 aliphatic heterocycles. The summed E-state index contributed by atoms with van der Waals surface area (Å²) in [5.74, 6) is 0. The third-order valence-corrected chi connectivity index (χ3v) is 5.16. The molecule has 43 heavy (non-hydrogen) atoms. The number of unbranched alkanes of at least 4 members (excludes halogenated alkanes) is 3. The van der Waals surface area contributed by atoms with Gasteiger partial charge in [0.05, 0.1) is 19.7 Å². The molecule has 0 saturated heterocycles. The van der Waals surface area contributed by atoms with Crippen molar-refractivity contribution >= 4 is 30.4 Å². The van der Waals surface area contributed by atoms with Crippen molar-refractivity contribution in [1.29, 1.82) is 0 Å². The van der Waals surface area contributed by atoms with Crippen LogP contribution < -0.4 is 35.8 Å². The molecule has 1 aromatic rings. The van der Waals surface area contributed by atoms with Crippen LogP contribution >= 0.6 is 15.9 Å². The van der Waals surface area contributed by atoms with Gasteiger partial charge >= 0.3 is 33.4 Å². The van der Waals surface area contributed by atoms with Crippen LogP contribution in [0.4, 0.5) is 34.5 Å². The predicted octanol–water partition coefficient (Wildman–Crippen LogP) is 2.13. The van der Waals surface area contributed by atoms with Crippen molar-refractivity contribution in [3.8, 4) is 0 Å². The number of hydrogen-bond donors (Lipinski definition) is 0. The van der Waals surface area contributed by atoms with E-state index < -0.39 is 14.5 Å². The van der Waals surface area contributed by atoms with Crippen molar-refractivity contribution in [3.05, 3.63) is 43.5 Å². The van der Waals surface area contributed by atoms with Gasteiger partial charge < -0.3 is 75.7 Å². The zero-order valence-electron chi connectivity index (χ0n) is 26.4. The summed E-state index contributed by atoms with van der Waals surface area (Å²) in [6.45, 7) is 11.2. The molecule has 252 valence electrons. The standard InChI is InChI=1S/2C8H16N2.C4H9Br.C4H6N2.2BF4.BrH.Li/c2*1-3-4-5-10-7-6-9(2)8-10;1-2-3-4-5;1-6-3-2-5-4-6;2*2-1(3,4)5;;/h2*6-7H,3-5,8H2,1-2H3;2-4H2,1H3;2-4H,1H3;;;1H;/q;;;;2*-1;;+1/p-1. The molecule has 0 N–H and O–H groups in total. The van der Waals surface area contributed by atoms with Crippen molar-refractivity contribution < 1.29 is 70.4 Å². The van der Waals surface area contributed by atoms with Gasteiger partial charge in [-0.05, 0) is 19.3 Å². The Morgan fingerprint density at radius 3 is 1.16 bits per heavy atom. The minimum atomic E-state index is -6.00. The molecule has 19 heteroatoms. The van der Waals surface area contributed by atoms with E-state index >= 15 is 0 Å². The van der Waals surface area contributed by atoms with Crippen LogP contribution in [0.2, 0.25) is 0 Å². The fraction of sp³-hybridized carbons (Fsp3) is 0.708. The van der Waals surface area contributed by atoms with Crippen LogP contribution in [0.25, 0.3) is 0 Å². The first-order valence-electron chi connectivity index (χ1n) is 13.4. The quantitative estimate of drug-likeness (QED) is 0.231. The Bertz CT molecular complexity index is 696. The Balaban J connectivity index is -0.000000137. The Kier molecular flexibility index (Phi) is 38.9. The SMILES string of the molecule is CCCCBr.CCCCN1C=CN(C)C1.CCCCN1C=CN(C)C1.Cn1ccnc1.F[B-](F)(F)F.F[B-](F)(F)F.[Br-].[Li+]. The molecule has 3 heterocycles. The van der Waals surface area contributed by atoms with Gasteiger partial charge in [-0.2, -0.15) is 0 Å². The van der Waals surface area contributed by atoms with E-state index in [2.05, 4.69) is 100 Å². The molecule has 0 amide bonds. The average Bonchev–Trinajstić information content (AvgIpc) is 3.59. The summed E-state index contributed by atoms with van der Waals surface area (Å²) in [6, 6.07) is 0. The van der Waals surface area contributed by atoms with Gasteiger partial charge in [-0.3, -0.25) is 0 Å². The number of rotatable bonds is 8. The first-order valence-corrected chi connectivity index (χ1v) is 14.6. The van der Waals surface area contributed by atoms with Gasteiger partial charge in [-0.25, -0.2) is 4.98 Å². The first kappa shape index (κ1) is 51.6. The summed E-state index contributed by atoms with van der Waals surface area (Å²) in [5.41, 5.74) is 0. The minimum absolute atomic E-state index is 0. The molecule has 0 radical (unpaired) electrons. The van der Waals surface area contributed by atoms with Crippen LogP contribution in [0.3, 0.4) is 0 Å². The first-order chi connectivity index (χ1) is 19.0. The molecule has 2 aliphatic rings. The molecule has 0 aliphatic carbocycles. The number of aromatic nitrogens is 2. The Morgan fingerprint density at radius 1 is 0.674 bits per heavy atom. The fourth-order valence-electron chi connectivity index (χ4n) is 2.65. The van der Waals surface area contributed by atoms with E-state index in [1.165, 1.54) is 51.6 Å². The minimum Gasteiger partial charge on any atom is -1.00 e. The number of aryl methyl sites for hydroxylation is 1. The van der Waals surface area contributed by atoms with Crippen LogP contribution in [-0.2, 0) is 7.05 Å². The van der Waals surface area contributed by atoms with E-state index in [9.17, 15) is 34.5 Å². The van der Waals surface area contributed by atoms with Crippen molar-refractivity contribution in [2.75, 3.05) is 45.9 Å². The van der Waals surface area contributed by atoms with Crippen LogP contribution in [0, 0.1) is 0 Å². The van der Waals surface area contributed by atoms with Crippen LogP contribution in [0.1, 0.15) is 59.3 Å². The number of halogens is 10. The average molecular weight is 760 g/mol. The number of nitrogens with zero attached hydrogens (tertiary/aromatic N) is 6. The van der Waals surface area contributed by atoms with Gasteiger partial charge in [0.1, 0.15) is 0 Å². The Hall–Kier alpha value is -0.983. The van der Waals surface area contributed by atoms with Gasteiger partial charge in [-0.1, -0.05) is 56.0 Å². The molecule has 0 saturated carbocycles. The molecule has 0 unspecified atom stereocenters.